The number of nitrogens with zero attached hydrogens (tertiary/aromatic N) is 2. The summed E-state index contributed by atoms with van der Waals surface area (Å²) >= 11 is 11.9. The van der Waals surface area contributed by atoms with Crippen molar-refractivity contribution in [2.75, 3.05) is 13.7 Å². The lowest BCUT2D eigenvalue weighted by atomic mass is 10.1. The SMILES string of the molecule is CN/N=C(\N=C/Cc1cc(Cl)c(O)c(Cl)c1)OCCc1cccccc(C)ccc1. The smallest absolute Gasteiger partial charge is 0.332 e. The summed E-state index contributed by atoms with van der Waals surface area (Å²) < 4.78 is 5.71. The van der Waals surface area contributed by atoms with Crippen molar-refractivity contribution in [2.45, 2.75) is 19.8 Å². The van der Waals surface area contributed by atoms with Crippen molar-refractivity contribution in [2.24, 2.45) is 10.1 Å². The van der Waals surface area contributed by atoms with Crippen LogP contribution in [0.4, 0.5) is 0 Å². The number of benzene rings is 1. The van der Waals surface area contributed by atoms with Crippen LogP contribution in [0.15, 0.2) is 70.8 Å². The molecule has 0 saturated heterocycles. The number of aromatic hydroxyl groups is 1. The first-order chi connectivity index (χ1) is 14.5. The Bertz CT molecular complexity index is 938. The molecule has 2 aromatic rings. The summed E-state index contributed by atoms with van der Waals surface area (Å²) in [7, 11) is 1.68. The van der Waals surface area contributed by atoms with Gasteiger partial charge in [-0.15, -0.1) is 5.10 Å². The highest BCUT2D eigenvalue weighted by Gasteiger charge is 2.06. The predicted molar refractivity (Wildman–Crippen MR) is 125 cm³/mol. The molecule has 0 spiro atoms. The molecule has 0 radical (unpaired) electrons. The summed E-state index contributed by atoms with van der Waals surface area (Å²) in [5.74, 6) is -0.125. The lowest BCUT2D eigenvalue weighted by molar-refractivity contribution is 0.301. The highest BCUT2D eigenvalue weighted by Crippen LogP contribution is 2.32. The molecule has 0 amide bonds. The third-order valence-electron chi connectivity index (χ3n) is 4.00. The van der Waals surface area contributed by atoms with E-state index in [9.17, 15) is 5.11 Å². The van der Waals surface area contributed by atoms with E-state index in [1.165, 1.54) is 5.56 Å². The van der Waals surface area contributed by atoms with E-state index >= 15 is 0 Å². The van der Waals surface area contributed by atoms with Crippen LogP contribution in [0.25, 0.3) is 0 Å². The highest BCUT2D eigenvalue weighted by molar-refractivity contribution is 6.37. The van der Waals surface area contributed by atoms with Crippen LogP contribution in [-0.4, -0.2) is 31.0 Å². The number of ether oxygens (including phenoxy) is 1. The molecule has 158 valence electrons. The Morgan fingerprint density at radius 1 is 1.03 bits per heavy atom. The minimum atomic E-state index is -0.125. The number of hydrogen-bond acceptors (Lipinski definition) is 4. The predicted octanol–water partition coefficient (Wildman–Crippen LogP) is 5.49. The van der Waals surface area contributed by atoms with Gasteiger partial charge in [0.2, 0.25) is 0 Å². The van der Waals surface area contributed by atoms with Gasteiger partial charge in [-0.3, -0.25) is 0 Å². The average molecular weight is 446 g/mol. The van der Waals surface area contributed by atoms with Crippen LogP contribution in [0, 0.1) is 6.92 Å². The van der Waals surface area contributed by atoms with E-state index in [-0.39, 0.29) is 21.8 Å². The summed E-state index contributed by atoms with van der Waals surface area (Å²) in [6.45, 7) is 2.48. The molecule has 0 saturated carbocycles. The Labute approximate surface area is 187 Å². The maximum absolute atomic E-state index is 9.63. The zero-order valence-corrected chi connectivity index (χ0v) is 18.5. The molecular formula is C23H25Cl2N3O2. The summed E-state index contributed by atoms with van der Waals surface area (Å²) in [4.78, 5) is 4.27. The van der Waals surface area contributed by atoms with Gasteiger partial charge in [-0.1, -0.05) is 77.3 Å². The molecule has 0 aromatic heterocycles. The summed E-state index contributed by atoms with van der Waals surface area (Å²) in [6, 6.07) is 19.8. The third-order valence-corrected chi connectivity index (χ3v) is 4.57. The van der Waals surface area contributed by atoms with E-state index in [0.717, 1.165) is 11.1 Å². The number of hydrazone groups is 1. The zero-order chi connectivity index (χ0) is 21.8. The fourth-order valence-electron chi connectivity index (χ4n) is 2.47. The number of aryl methyl sites for hydroxylation is 1. The monoisotopic (exact) mass is 445 g/mol. The summed E-state index contributed by atoms with van der Waals surface area (Å²) in [5, 5.41) is 14.1. The number of hydrogen-bond donors (Lipinski definition) is 2. The minimum Gasteiger partial charge on any atom is -0.505 e. The topological polar surface area (TPSA) is 66.2 Å². The van der Waals surface area contributed by atoms with E-state index in [2.05, 4.69) is 46.7 Å². The Morgan fingerprint density at radius 2 is 1.70 bits per heavy atom. The molecule has 2 rings (SSSR count). The fraction of sp³-hybridized carbons (Fsp3) is 0.217. The van der Waals surface area contributed by atoms with Crippen LogP contribution in [0.5, 0.6) is 5.75 Å². The largest absolute Gasteiger partial charge is 0.505 e. The molecule has 0 aliphatic rings. The molecule has 5 nitrogen and oxygen atoms in total. The number of rotatable bonds is 6. The van der Waals surface area contributed by atoms with Crippen molar-refractivity contribution >= 4 is 35.4 Å². The second kappa shape index (κ2) is 12.7. The van der Waals surface area contributed by atoms with Gasteiger partial charge >= 0.3 is 6.02 Å². The Hall–Kier alpha value is -2.76. The standard InChI is InChI=1S/C23H25Cl2N3O2/c1-17-7-4-3-5-9-18(10-6-8-17)12-14-30-23(28-26-2)27-13-11-19-15-20(24)22(29)21(25)16-19/h3-10,13,15-16,26,29H,11-12,14H2,1-2H3/b4-3?,5-3?,7-4?,8-6?,9-5?,10-6?,17-7?,17-8?,18-9?,18-10?,27-13-,28-23+. The van der Waals surface area contributed by atoms with Gasteiger partial charge in [0.05, 0.1) is 16.7 Å². The number of phenolic OH excluding ortho intramolecular Hbond substituents is 1. The molecule has 0 atom stereocenters. The molecular weight excluding hydrogens is 421 g/mol. The normalized spacial score (nSPS) is 11.3. The van der Waals surface area contributed by atoms with Crippen molar-refractivity contribution in [1.82, 2.24) is 5.43 Å². The molecule has 0 aliphatic carbocycles. The van der Waals surface area contributed by atoms with Gasteiger partial charge < -0.3 is 15.3 Å². The van der Waals surface area contributed by atoms with Gasteiger partial charge in [0.15, 0.2) is 5.75 Å². The first-order valence-electron chi connectivity index (χ1n) is 9.45. The number of halogens is 2. The Balaban J connectivity index is 1.97. The number of amidine groups is 1. The zero-order valence-electron chi connectivity index (χ0n) is 17.0. The van der Waals surface area contributed by atoms with Gasteiger partial charge in [-0.25, -0.2) is 4.99 Å². The number of aliphatic imine (C=N–C) groups is 1. The molecule has 30 heavy (non-hydrogen) atoms. The van der Waals surface area contributed by atoms with Crippen LogP contribution < -0.4 is 5.43 Å². The third kappa shape index (κ3) is 8.31. The van der Waals surface area contributed by atoms with E-state index < -0.39 is 0 Å². The van der Waals surface area contributed by atoms with E-state index in [4.69, 9.17) is 27.9 Å². The van der Waals surface area contributed by atoms with Crippen LogP contribution in [-0.2, 0) is 17.6 Å². The second-order valence-corrected chi connectivity index (χ2v) is 7.21. The van der Waals surface area contributed by atoms with E-state index in [0.29, 0.717) is 19.4 Å². The Morgan fingerprint density at radius 3 is 2.43 bits per heavy atom. The molecule has 2 aromatic carbocycles. The fourth-order valence-corrected chi connectivity index (χ4v) is 3.00. The second-order valence-electron chi connectivity index (χ2n) is 6.40. The average Bonchev–Trinajstić information content (AvgIpc) is 2.71. The lowest BCUT2D eigenvalue weighted by Crippen LogP contribution is -2.10. The minimum absolute atomic E-state index is 0.125. The molecule has 7 heteroatoms. The van der Waals surface area contributed by atoms with Gasteiger partial charge in [0.1, 0.15) is 0 Å². The molecule has 0 unspecified atom stereocenters. The van der Waals surface area contributed by atoms with E-state index in [1.54, 1.807) is 25.4 Å². The van der Waals surface area contributed by atoms with Crippen LogP contribution in [0.2, 0.25) is 10.0 Å². The maximum atomic E-state index is 9.63. The summed E-state index contributed by atoms with van der Waals surface area (Å²) in [5.41, 5.74) is 5.82. The number of nitrogens with one attached hydrogen (secondary N) is 1. The molecule has 0 bridgehead atoms. The van der Waals surface area contributed by atoms with Crippen LogP contribution in [0.1, 0.15) is 16.7 Å². The van der Waals surface area contributed by atoms with Gasteiger partial charge in [0.25, 0.3) is 0 Å². The molecule has 0 fully saturated rings. The Kier molecular flexibility index (Phi) is 9.98. The summed E-state index contributed by atoms with van der Waals surface area (Å²) in [6.07, 6.45) is 2.82. The highest BCUT2D eigenvalue weighted by atomic mass is 35.5. The van der Waals surface area contributed by atoms with Crippen LogP contribution in [0.3, 0.4) is 0 Å². The quantitative estimate of drug-likeness (QED) is 0.350. The lowest BCUT2D eigenvalue weighted by Gasteiger charge is -2.05. The van der Waals surface area contributed by atoms with Crippen LogP contribution >= 0.6 is 23.2 Å². The molecule has 0 heterocycles. The first-order valence-corrected chi connectivity index (χ1v) is 10.2. The first kappa shape index (κ1) is 23.5. The molecule has 0 aliphatic heterocycles. The van der Waals surface area contributed by atoms with Crippen molar-refractivity contribution in [3.63, 3.8) is 0 Å². The van der Waals surface area contributed by atoms with Gasteiger partial charge in [-0.05, 0) is 30.2 Å². The number of phenols is 1. The van der Waals surface area contributed by atoms with Crippen molar-refractivity contribution in [3.8, 4) is 5.75 Å². The van der Waals surface area contributed by atoms with Gasteiger partial charge in [-0.2, -0.15) is 0 Å². The van der Waals surface area contributed by atoms with Crippen molar-refractivity contribution in [3.05, 3.63) is 87.4 Å². The van der Waals surface area contributed by atoms with Gasteiger partial charge in [0, 0.05) is 26.1 Å². The van der Waals surface area contributed by atoms with E-state index in [1.807, 2.05) is 24.3 Å². The van der Waals surface area contributed by atoms with Crippen molar-refractivity contribution in [1.29, 1.82) is 0 Å². The molecule has 2 N–H and O–H groups in total. The maximum Gasteiger partial charge on any atom is 0.332 e. The van der Waals surface area contributed by atoms with Crippen molar-refractivity contribution < 1.29 is 9.84 Å².